The lowest BCUT2D eigenvalue weighted by atomic mass is 10.0. The van der Waals surface area contributed by atoms with Crippen molar-refractivity contribution in [3.8, 4) is 5.75 Å². The summed E-state index contributed by atoms with van der Waals surface area (Å²) >= 11 is 0. The van der Waals surface area contributed by atoms with E-state index in [-0.39, 0.29) is 16.9 Å². The second-order valence-corrected chi connectivity index (χ2v) is 8.19. The van der Waals surface area contributed by atoms with Crippen LogP contribution in [0.15, 0.2) is 51.7 Å². The fourth-order valence-corrected chi connectivity index (χ4v) is 3.50. The Morgan fingerprint density at radius 2 is 1.85 bits per heavy atom. The van der Waals surface area contributed by atoms with Gasteiger partial charge in [0.25, 0.3) is 12.3 Å². The Morgan fingerprint density at radius 1 is 1.15 bits per heavy atom. The number of hydrogen-bond donors (Lipinski definition) is 1. The highest BCUT2D eigenvalue weighted by atomic mass is 19.2. The summed E-state index contributed by atoms with van der Waals surface area (Å²) in [6.45, 7) is 1.07. The van der Waals surface area contributed by atoms with Gasteiger partial charge in [0.05, 0.1) is 0 Å². The van der Waals surface area contributed by atoms with Crippen LogP contribution in [0.4, 0.5) is 18.9 Å². The van der Waals surface area contributed by atoms with Gasteiger partial charge in [-0.1, -0.05) is 25.5 Å². The first-order chi connectivity index (χ1) is 16.2. The molecule has 0 saturated heterocycles. The number of hydrogen-bond acceptors (Lipinski definition) is 5. The van der Waals surface area contributed by atoms with Crippen molar-refractivity contribution in [1.82, 2.24) is 4.90 Å². The molecule has 3 rings (SSSR count). The maximum absolute atomic E-state index is 13.9. The number of benzene rings is 2. The van der Waals surface area contributed by atoms with Crippen LogP contribution in [0.25, 0.3) is 11.0 Å². The number of nitrogens with one attached hydrogen (secondary N) is 1. The van der Waals surface area contributed by atoms with Gasteiger partial charge in [-0.05, 0) is 56.4 Å². The molecular weight excluding hydrogens is 449 g/mol. The van der Waals surface area contributed by atoms with E-state index in [2.05, 4.69) is 5.32 Å². The SMILES string of the molecule is CCCc1c(OC(F)C(F)CF)ccc2cc(C(=O)Nc3ccc(CN(C)C)cc3)c(=O)oc12. The number of aryl methyl sites for hydroxylation is 1. The van der Waals surface area contributed by atoms with Gasteiger partial charge in [-0.15, -0.1) is 0 Å². The van der Waals surface area contributed by atoms with Crippen molar-refractivity contribution in [3.63, 3.8) is 0 Å². The van der Waals surface area contributed by atoms with Gasteiger partial charge in [-0.3, -0.25) is 4.79 Å². The summed E-state index contributed by atoms with van der Waals surface area (Å²) < 4.78 is 50.0. The Morgan fingerprint density at radius 3 is 2.47 bits per heavy atom. The van der Waals surface area contributed by atoms with Gasteiger partial charge in [0.1, 0.15) is 23.6 Å². The first-order valence-electron chi connectivity index (χ1n) is 10.9. The minimum Gasteiger partial charge on any atom is -0.457 e. The molecule has 2 atom stereocenters. The van der Waals surface area contributed by atoms with E-state index in [0.29, 0.717) is 29.5 Å². The Balaban J connectivity index is 1.90. The number of halogens is 3. The summed E-state index contributed by atoms with van der Waals surface area (Å²) in [4.78, 5) is 27.4. The molecule has 2 unspecified atom stereocenters. The van der Waals surface area contributed by atoms with Crippen molar-refractivity contribution in [1.29, 1.82) is 0 Å². The van der Waals surface area contributed by atoms with Gasteiger partial charge < -0.3 is 19.4 Å². The minimum atomic E-state index is -2.50. The molecule has 1 amide bonds. The maximum Gasteiger partial charge on any atom is 0.349 e. The lowest BCUT2D eigenvalue weighted by Crippen LogP contribution is -2.26. The number of rotatable bonds is 10. The van der Waals surface area contributed by atoms with Crippen LogP contribution in [-0.4, -0.2) is 44.1 Å². The van der Waals surface area contributed by atoms with Gasteiger partial charge in [0, 0.05) is 23.2 Å². The number of fused-ring (bicyclic) bond motifs is 1. The van der Waals surface area contributed by atoms with E-state index in [4.69, 9.17) is 9.15 Å². The summed E-state index contributed by atoms with van der Waals surface area (Å²) in [5.41, 5.74) is 0.949. The molecule has 0 aliphatic heterocycles. The van der Waals surface area contributed by atoms with Crippen molar-refractivity contribution in [2.24, 2.45) is 0 Å². The first kappa shape index (κ1) is 25.3. The topological polar surface area (TPSA) is 71.8 Å². The van der Waals surface area contributed by atoms with E-state index < -0.39 is 30.7 Å². The van der Waals surface area contributed by atoms with E-state index in [1.54, 1.807) is 12.1 Å². The molecule has 0 spiro atoms. The van der Waals surface area contributed by atoms with Crippen molar-refractivity contribution >= 4 is 22.6 Å². The molecule has 9 heteroatoms. The molecule has 0 aliphatic carbocycles. The zero-order valence-corrected chi connectivity index (χ0v) is 19.2. The van der Waals surface area contributed by atoms with Gasteiger partial charge >= 0.3 is 5.63 Å². The summed E-state index contributed by atoms with van der Waals surface area (Å²) in [7, 11) is 3.90. The van der Waals surface area contributed by atoms with Crippen molar-refractivity contribution in [2.45, 2.75) is 38.8 Å². The van der Waals surface area contributed by atoms with Crippen LogP contribution < -0.4 is 15.7 Å². The van der Waals surface area contributed by atoms with Crippen molar-refractivity contribution < 1.29 is 27.1 Å². The Bertz CT molecular complexity index is 1200. The zero-order valence-electron chi connectivity index (χ0n) is 19.2. The number of carbonyl (C=O) groups excluding carboxylic acids is 1. The number of alkyl halides is 3. The van der Waals surface area contributed by atoms with Crippen LogP contribution in [0.2, 0.25) is 0 Å². The highest BCUT2D eigenvalue weighted by Gasteiger charge is 2.24. The van der Waals surface area contributed by atoms with Crippen molar-refractivity contribution in [3.05, 3.63) is 69.6 Å². The maximum atomic E-state index is 13.9. The lowest BCUT2D eigenvalue weighted by Gasteiger charge is -2.17. The highest BCUT2D eigenvalue weighted by Crippen LogP contribution is 2.31. The average Bonchev–Trinajstić information content (AvgIpc) is 2.80. The number of nitrogens with zero attached hydrogens (tertiary/aromatic N) is 1. The molecule has 2 aromatic carbocycles. The van der Waals surface area contributed by atoms with Crippen LogP contribution in [-0.2, 0) is 13.0 Å². The monoisotopic (exact) mass is 476 g/mol. The molecule has 1 N–H and O–H groups in total. The molecule has 1 aromatic heterocycles. The Kier molecular flexibility index (Phi) is 8.33. The predicted molar refractivity (Wildman–Crippen MR) is 125 cm³/mol. The fourth-order valence-electron chi connectivity index (χ4n) is 3.50. The second kappa shape index (κ2) is 11.2. The highest BCUT2D eigenvalue weighted by molar-refractivity contribution is 6.05. The van der Waals surface area contributed by atoms with Crippen LogP contribution in [0.1, 0.15) is 34.8 Å². The molecular formula is C25H27F3N2O4. The number of ether oxygens (including phenoxy) is 1. The minimum absolute atomic E-state index is 0.0453. The molecule has 0 bridgehead atoms. The average molecular weight is 476 g/mol. The largest absolute Gasteiger partial charge is 0.457 e. The van der Waals surface area contributed by atoms with E-state index in [1.807, 2.05) is 38.1 Å². The molecule has 182 valence electrons. The summed E-state index contributed by atoms with van der Waals surface area (Å²) in [6.07, 6.45) is -4.01. The third-order valence-corrected chi connectivity index (χ3v) is 5.09. The molecule has 0 radical (unpaired) electrons. The lowest BCUT2D eigenvalue weighted by molar-refractivity contribution is -0.0153. The number of amides is 1. The number of anilines is 1. The molecule has 0 aliphatic rings. The molecule has 0 saturated carbocycles. The number of carbonyl (C=O) groups is 1. The van der Waals surface area contributed by atoms with Gasteiger partial charge in [0.15, 0.2) is 6.17 Å². The van der Waals surface area contributed by atoms with Crippen LogP contribution in [0, 0.1) is 0 Å². The van der Waals surface area contributed by atoms with Gasteiger partial charge in [-0.2, -0.15) is 4.39 Å². The fraction of sp³-hybridized carbons (Fsp3) is 0.360. The summed E-state index contributed by atoms with van der Waals surface area (Å²) in [5, 5.41) is 3.09. The Labute approximate surface area is 195 Å². The summed E-state index contributed by atoms with van der Waals surface area (Å²) in [6, 6.07) is 11.5. The molecule has 0 fully saturated rings. The van der Waals surface area contributed by atoms with E-state index >= 15 is 0 Å². The molecule has 3 aromatic rings. The van der Waals surface area contributed by atoms with E-state index in [1.165, 1.54) is 18.2 Å². The quantitative estimate of drug-likeness (QED) is 0.415. The normalized spacial score (nSPS) is 13.1. The van der Waals surface area contributed by atoms with Gasteiger partial charge in [-0.25, -0.2) is 13.6 Å². The Hall–Kier alpha value is -3.33. The van der Waals surface area contributed by atoms with E-state index in [0.717, 1.165) is 12.1 Å². The molecule has 1 heterocycles. The smallest absolute Gasteiger partial charge is 0.349 e. The van der Waals surface area contributed by atoms with Crippen LogP contribution in [0.5, 0.6) is 5.75 Å². The van der Waals surface area contributed by atoms with E-state index in [9.17, 15) is 22.8 Å². The van der Waals surface area contributed by atoms with Crippen LogP contribution in [0.3, 0.4) is 0 Å². The molecule has 34 heavy (non-hydrogen) atoms. The van der Waals surface area contributed by atoms with Crippen LogP contribution >= 0.6 is 0 Å². The third-order valence-electron chi connectivity index (χ3n) is 5.09. The molecule has 6 nitrogen and oxygen atoms in total. The second-order valence-electron chi connectivity index (χ2n) is 8.19. The van der Waals surface area contributed by atoms with Crippen molar-refractivity contribution in [2.75, 3.05) is 26.1 Å². The summed E-state index contributed by atoms with van der Waals surface area (Å²) in [5.74, 6) is -0.684. The first-order valence-corrected chi connectivity index (χ1v) is 10.9. The predicted octanol–water partition coefficient (Wildman–Crippen LogP) is 5.04. The standard InChI is InChI=1S/C25H27F3N2O4/c1-4-5-18-21(33-23(28)20(27)13-26)11-8-16-12-19(25(32)34-22(16)18)24(31)29-17-9-6-15(7-10-17)14-30(2)3/h6-12,20,23H,4-5,13-14H2,1-3H3,(H,29,31). The zero-order chi connectivity index (χ0) is 24.8. The third kappa shape index (κ3) is 5.96. The van der Waals surface area contributed by atoms with Gasteiger partial charge in [0.2, 0.25) is 0 Å².